The van der Waals surface area contributed by atoms with E-state index in [0.717, 1.165) is 17.7 Å². The molecule has 1 aromatic heterocycles. The fraction of sp³-hybridized carbons (Fsp3) is 0.667. The SMILES string of the molecule is C[C@H]1CN(C(=O)c2cc3c(s2)CCC3)CC(C)(C)O1. The first-order chi connectivity index (χ1) is 8.94. The van der Waals surface area contributed by atoms with Gasteiger partial charge in [-0.05, 0) is 51.7 Å². The summed E-state index contributed by atoms with van der Waals surface area (Å²) in [5.41, 5.74) is 1.15. The van der Waals surface area contributed by atoms with Gasteiger partial charge in [-0.15, -0.1) is 11.3 Å². The molecular weight excluding hydrogens is 258 g/mol. The molecule has 0 N–H and O–H groups in total. The first-order valence-corrected chi connectivity index (χ1v) is 7.85. The van der Waals surface area contributed by atoms with Gasteiger partial charge in [-0.25, -0.2) is 0 Å². The molecule has 1 aliphatic heterocycles. The predicted octanol–water partition coefficient (Wildman–Crippen LogP) is 2.88. The van der Waals surface area contributed by atoms with E-state index in [0.29, 0.717) is 13.1 Å². The number of aryl methyl sites for hydroxylation is 2. The lowest BCUT2D eigenvalue weighted by atomic mass is 10.1. The predicted molar refractivity (Wildman–Crippen MR) is 76.9 cm³/mol. The molecule has 0 aromatic carbocycles. The zero-order valence-corrected chi connectivity index (χ0v) is 12.7. The van der Waals surface area contributed by atoms with Crippen LogP contribution in [0.5, 0.6) is 0 Å². The molecule has 0 spiro atoms. The lowest BCUT2D eigenvalue weighted by molar-refractivity contribution is -0.118. The molecular formula is C15H21NO2S. The largest absolute Gasteiger partial charge is 0.369 e. The lowest BCUT2D eigenvalue weighted by Crippen LogP contribution is -2.53. The van der Waals surface area contributed by atoms with E-state index < -0.39 is 0 Å². The van der Waals surface area contributed by atoms with Crippen LogP contribution in [0.25, 0.3) is 0 Å². The average Bonchev–Trinajstić information content (AvgIpc) is 2.84. The van der Waals surface area contributed by atoms with Gasteiger partial charge >= 0.3 is 0 Å². The summed E-state index contributed by atoms with van der Waals surface area (Å²) in [6.45, 7) is 7.52. The Kier molecular flexibility index (Phi) is 3.18. The Morgan fingerprint density at radius 2 is 2.26 bits per heavy atom. The van der Waals surface area contributed by atoms with Gasteiger partial charge in [0.2, 0.25) is 0 Å². The minimum atomic E-state index is -0.243. The number of thiophene rings is 1. The average molecular weight is 279 g/mol. The number of nitrogens with zero attached hydrogens (tertiary/aromatic N) is 1. The molecule has 2 heterocycles. The van der Waals surface area contributed by atoms with Crippen molar-refractivity contribution in [3.8, 4) is 0 Å². The highest BCUT2D eigenvalue weighted by atomic mass is 32.1. The molecule has 0 unspecified atom stereocenters. The van der Waals surface area contributed by atoms with E-state index in [4.69, 9.17) is 4.74 Å². The van der Waals surface area contributed by atoms with Crippen molar-refractivity contribution < 1.29 is 9.53 Å². The number of morpholine rings is 1. The van der Waals surface area contributed by atoms with Crippen LogP contribution in [0.15, 0.2) is 6.07 Å². The van der Waals surface area contributed by atoms with Gasteiger partial charge in [0.25, 0.3) is 5.91 Å². The number of hydrogen-bond donors (Lipinski definition) is 0. The monoisotopic (exact) mass is 279 g/mol. The maximum absolute atomic E-state index is 12.6. The fourth-order valence-corrected chi connectivity index (χ4v) is 4.42. The molecule has 0 saturated carbocycles. The topological polar surface area (TPSA) is 29.5 Å². The summed E-state index contributed by atoms with van der Waals surface area (Å²) in [4.78, 5) is 16.9. The van der Waals surface area contributed by atoms with Gasteiger partial charge in [0, 0.05) is 18.0 Å². The first kappa shape index (κ1) is 13.1. The Morgan fingerprint density at radius 3 is 2.95 bits per heavy atom. The molecule has 0 radical (unpaired) electrons. The van der Waals surface area contributed by atoms with Gasteiger partial charge in [0.05, 0.1) is 16.6 Å². The van der Waals surface area contributed by atoms with Crippen LogP contribution in [0.2, 0.25) is 0 Å². The number of ether oxygens (including phenoxy) is 1. The van der Waals surface area contributed by atoms with E-state index in [9.17, 15) is 4.79 Å². The maximum Gasteiger partial charge on any atom is 0.264 e. The van der Waals surface area contributed by atoms with E-state index in [2.05, 4.69) is 19.9 Å². The van der Waals surface area contributed by atoms with Gasteiger partial charge in [0.1, 0.15) is 0 Å². The van der Waals surface area contributed by atoms with Crippen molar-refractivity contribution in [2.24, 2.45) is 0 Å². The Balaban J connectivity index is 1.79. The number of fused-ring (bicyclic) bond motifs is 1. The van der Waals surface area contributed by atoms with Gasteiger partial charge in [0.15, 0.2) is 0 Å². The first-order valence-electron chi connectivity index (χ1n) is 7.03. The highest BCUT2D eigenvalue weighted by molar-refractivity contribution is 7.14. The Labute approximate surface area is 118 Å². The standard InChI is InChI=1S/C15H21NO2S/c1-10-8-16(9-15(2,3)18-10)14(17)13-7-11-5-4-6-12(11)19-13/h7,10H,4-6,8-9H2,1-3H3/t10-/m0/s1. The second-order valence-electron chi connectivity index (χ2n) is 6.29. The van der Waals surface area contributed by atoms with Crippen LogP contribution in [-0.2, 0) is 17.6 Å². The van der Waals surface area contributed by atoms with Crippen LogP contribution in [0, 0.1) is 0 Å². The van der Waals surface area contributed by atoms with Crippen LogP contribution in [0.1, 0.15) is 47.3 Å². The second-order valence-corrected chi connectivity index (χ2v) is 7.42. The van der Waals surface area contributed by atoms with Crippen molar-refractivity contribution in [1.29, 1.82) is 0 Å². The summed E-state index contributed by atoms with van der Waals surface area (Å²) in [6, 6.07) is 2.11. The zero-order chi connectivity index (χ0) is 13.6. The Morgan fingerprint density at radius 1 is 1.47 bits per heavy atom. The van der Waals surface area contributed by atoms with Gasteiger partial charge in [-0.2, -0.15) is 0 Å². The van der Waals surface area contributed by atoms with E-state index in [1.54, 1.807) is 11.3 Å². The van der Waals surface area contributed by atoms with Crippen LogP contribution in [0.4, 0.5) is 0 Å². The lowest BCUT2D eigenvalue weighted by Gasteiger charge is -2.41. The third-order valence-corrected chi connectivity index (χ3v) is 5.04. The number of amides is 1. The Bertz CT molecular complexity index is 485. The van der Waals surface area contributed by atoms with E-state index >= 15 is 0 Å². The molecule has 104 valence electrons. The quantitative estimate of drug-likeness (QED) is 0.791. The molecule has 3 nitrogen and oxygen atoms in total. The van der Waals surface area contributed by atoms with Crippen LogP contribution >= 0.6 is 11.3 Å². The number of carbonyl (C=O) groups excluding carboxylic acids is 1. The van der Waals surface area contributed by atoms with E-state index in [1.807, 2.05) is 11.8 Å². The van der Waals surface area contributed by atoms with Crippen LogP contribution < -0.4 is 0 Å². The van der Waals surface area contributed by atoms with Crippen LogP contribution in [-0.4, -0.2) is 35.6 Å². The maximum atomic E-state index is 12.6. The summed E-state index contributed by atoms with van der Waals surface area (Å²) in [7, 11) is 0. The van der Waals surface area contributed by atoms with Gasteiger partial charge in [-0.1, -0.05) is 0 Å². The number of carbonyl (C=O) groups is 1. The number of rotatable bonds is 1. The summed E-state index contributed by atoms with van der Waals surface area (Å²) < 4.78 is 5.86. The molecule has 1 atom stereocenters. The number of hydrogen-bond acceptors (Lipinski definition) is 3. The van der Waals surface area contributed by atoms with Crippen molar-refractivity contribution in [1.82, 2.24) is 4.90 Å². The van der Waals surface area contributed by atoms with E-state index in [-0.39, 0.29) is 17.6 Å². The molecule has 2 aliphatic rings. The second kappa shape index (κ2) is 4.60. The minimum absolute atomic E-state index is 0.111. The Hall–Kier alpha value is -0.870. The van der Waals surface area contributed by atoms with Crippen molar-refractivity contribution in [3.05, 3.63) is 21.4 Å². The molecule has 3 rings (SSSR count). The molecule has 1 aliphatic carbocycles. The van der Waals surface area contributed by atoms with Crippen molar-refractivity contribution in [3.63, 3.8) is 0 Å². The normalized spacial score (nSPS) is 25.4. The van der Waals surface area contributed by atoms with Gasteiger partial charge < -0.3 is 9.64 Å². The summed E-state index contributed by atoms with van der Waals surface area (Å²) in [5, 5.41) is 0. The molecule has 1 amide bonds. The molecule has 1 fully saturated rings. The molecule has 1 saturated heterocycles. The van der Waals surface area contributed by atoms with Crippen molar-refractivity contribution in [2.45, 2.75) is 51.7 Å². The van der Waals surface area contributed by atoms with Crippen LogP contribution in [0.3, 0.4) is 0 Å². The van der Waals surface area contributed by atoms with Crippen molar-refractivity contribution in [2.75, 3.05) is 13.1 Å². The summed E-state index contributed by atoms with van der Waals surface area (Å²) in [5.74, 6) is 0.183. The minimum Gasteiger partial charge on any atom is -0.369 e. The van der Waals surface area contributed by atoms with E-state index in [1.165, 1.54) is 16.9 Å². The highest BCUT2D eigenvalue weighted by Crippen LogP contribution is 2.32. The summed E-state index contributed by atoms with van der Waals surface area (Å²) >= 11 is 1.69. The third kappa shape index (κ3) is 2.56. The van der Waals surface area contributed by atoms with Gasteiger partial charge in [-0.3, -0.25) is 4.79 Å². The molecule has 4 heteroatoms. The highest BCUT2D eigenvalue weighted by Gasteiger charge is 2.34. The fourth-order valence-electron chi connectivity index (χ4n) is 3.20. The molecule has 1 aromatic rings. The smallest absolute Gasteiger partial charge is 0.264 e. The zero-order valence-electron chi connectivity index (χ0n) is 11.9. The molecule has 0 bridgehead atoms. The molecule has 19 heavy (non-hydrogen) atoms. The third-order valence-electron chi connectivity index (χ3n) is 3.81. The summed E-state index contributed by atoms with van der Waals surface area (Å²) in [6.07, 6.45) is 3.65. The van der Waals surface area contributed by atoms with Crippen molar-refractivity contribution >= 4 is 17.2 Å².